The maximum absolute atomic E-state index is 12.0. The molecule has 8 rings (SSSR count). The Balaban J connectivity index is 0.852. The number of rotatable bonds is 13. The molecule has 0 amide bonds. The Morgan fingerprint density at radius 3 is 1.88 bits per heavy atom. The van der Waals surface area contributed by atoms with E-state index in [9.17, 15) is 66.4 Å². The van der Waals surface area contributed by atoms with Gasteiger partial charge in [-0.3, -0.25) is 0 Å². The molecule has 0 aromatic carbocycles. The summed E-state index contributed by atoms with van der Waals surface area (Å²) in [4.78, 5) is 0. The van der Waals surface area contributed by atoms with Crippen molar-refractivity contribution < 1.29 is 99.5 Å². The summed E-state index contributed by atoms with van der Waals surface area (Å²) in [5.74, 6) is -0.0721. The van der Waals surface area contributed by atoms with E-state index >= 15 is 0 Å². The zero-order valence-corrected chi connectivity index (χ0v) is 37.8. The normalized spacial score (nSPS) is 56.1. The van der Waals surface area contributed by atoms with Crippen LogP contribution >= 0.6 is 0 Å². The van der Waals surface area contributed by atoms with Crippen molar-refractivity contribution in [2.75, 3.05) is 26.4 Å². The molecule has 20 heteroatoms. The Labute approximate surface area is 379 Å². The highest BCUT2D eigenvalue weighted by Crippen LogP contribution is 2.71. The van der Waals surface area contributed by atoms with Gasteiger partial charge >= 0.3 is 0 Å². The molecule has 0 aromatic rings. The lowest BCUT2D eigenvalue weighted by Gasteiger charge is -2.62. The van der Waals surface area contributed by atoms with Crippen molar-refractivity contribution in [3.63, 3.8) is 0 Å². The molecule has 0 aromatic heterocycles. The minimum absolute atomic E-state index is 0.0569. The molecule has 376 valence electrons. The summed E-state index contributed by atoms with van der Waals surface area (Å²) in [6, 6.07) is 0. The predicted octanol–water partition coefficient (Wildman–Crippen LogP) is -2.81. The third kappa shape index (κ3) is 8.89. The summed E-state index contributed by atoms with van der Waals surface area (Å²) < 4.78 is 41.2. The van der Waals surface area contributed by atoms with E-state index in [0.717, 1.165) is 32.1 Å². The first-order valence-electron chi connectivity index (χ1n) is 23.9. The molecular formula is C45H76O20. The Hall–Kier alpha value is -0.800. The first kappa shape index (κ1) is 50.6. The van der Waals surface area contributed by atoms with Crippen LogP contribution in [-0.4, -0.2) is 209 Å². The van der Waals surface area contributed by atoms with E-state index in [0.29, 0.717) is 43.4 Å². The first-order valence-corrected chi connectivity index (χ1v) is 23.9. The van der Waals surface area contributed by atoms with Crippen LogP contribution in [0.5, 0.6) is 0 Å². The number of hydrogen-bond donors (Lipinski definition) is 13. The van der Waals surface area contributed by atoms with Gasteiger partial charge in [0.05, 0.1) is 44.7 Å². The molecule has 4 aliphatic heterocycles. The highest BCUT2D eigenvalue weighted by molar-refractivity contribution is 5.15. The van der Waals surface area contributed by atoms with Gasteiger partial charge in [0.2, 0.25) is 0 Å². The molecule has 65 heavy (non-hydrogen) atoms. The first-order chi connectivity index (χ1) is 30.7. The van der Waals surface area contributed by atoms with Crippen LogP contribution in [-0.2, 0) is 33.2 Å². The molecule has 28 atom stereocenters. The third-order valence-corrected chi connectivity index (χ3v) is 18.0. The summed E-state index contributed by atoms with van der Waals surface area (Å²) in [5, 5.41) is 137. The largest absolute Gasteiger partial charge is 0.394 e. The zero-order chi connectivity index (χ0) is 47.1. The Morgan fingerprint density at radius 2 is 1.23 bits per heavy atom. The van der Waals surface area contributed by atoms with Crippen molar-refractivity contribution in [1.82, 2.24) is 0 Å². The van der Waals surface area contributed by atoms with Gasteiger partial charge < -0.3 is 99.5 Å². The van der Waals surface area contributed by atoms with Gasteiger partial charge in [0, 0.05) is 12.3 Å². The second-order valence-corrected chi connectivity index (χ2v) is 21.6. The van der Waals surface area contributed by atoms with E-state index < -0.39 is 130 Å². The van der Waals surface area contributed by atoms with Crippen molar-refractivity contribution in [2.24, 2.45) is 52.3 Å². The summed E-state index contributed by atoms with van der Waals surface area (Å²) >= 11 is 0. The molecule has 8 fully saturated rings. The number of aliphatic hydroxyl groups is 13. The SMILES string of the molecule is C[C@@H](CC[C@@]1(O)O[C@H]2C[C@H]3[C@@H]4CC[C@H]5C[C@@H](O[C@@H]6O[C@H](CO)[C@@H](O[C@@H]7O[C@H](CO)[C@@H](O)[C@H](O)[C@H]7O)[C@H](O)[C@H]6O)[C@H](O)C[C@]5(C)[C@H]4CC[C@]3(C)[C@H]2[C@@H]1C)CO[C@@H]1O[C@H](CO)[C@@H](O)[C@H](O)[C@H]1O. The quantitative estimate of drug-likeness (QED) is 0.0829. The maximum Gasteiger partial charge on any atom is 0.187 e. The molecular weight excluding hydrogens is 860 g/mol. The van der Waals surface area contributed by atoms with E-state index in [4.69, 9.17) is 33.2 Å². The second kappa shape index (κ2) is 19.4. The van der Waals surface area contributed by atoms with Gasteiger partial charge in [0.15, 0.2) is 24.7 Å². The monoisotopic (exact) mass is 936 g/mol. The van der Waals surface area contributed by atoms with Gasteiger partial charge in [-0.2, -0.15) is 0 Å². The molecule has 8 aliphatic rings. The van der Waals surface area contributed by atoms with Crippen LogP contribution in [0.1, 0.15) is 85.5 Å². The van der Waals surface area contributed by atoms with Crippen molar-refractivity contribution >= 4 is 0 Å². The van der Waals surface area contributed by atoms with Gasteiger partial charge in [-0.15, -0.1) is 0 Å². The van der Waals surface area contributed by atoms with Crippen LogP contribution in [0.2, 0.25) is 0 Å². The van der Waals surface area contributed by atoms with Crippen LogP contribution in [0.15, 0.2) is 0 Å². The topological polar surface area (TPSA) is 328 Å². The molecule has 4 saturated carbocycles. The second-order valence-electron chi connectivity index (χ2n) is 21.6. The fourth-order valence-electron chi connectivity index (χ4n) is 14.2. The lowest BCUT2D eigenvalue weighted by Crippen LogP contribution is -2.65. The van der Waals surface area contributed by atoms with E-state index in [1.807, 2.05) is 6.92 Å². The van der Waals surface area contributed by atoms with E-state index in [1.54, 1.807) is 0 Å². The maximum atomic E-state index is 12.0. The van der Waals surface area contributed by atoms with Crippen LogP contribution in [0.25, 0.3) is 0 Å². The molecule has 4 heterocycles. The Kier molecular flexibility index (Phi) is 15.1. The predicted molar refractivity (Wildman–Crippen MR) is 220 cm³/mol. The molecule has 0 bridgehead atoms. The molecule has 0 radical (unpaired) electrons. The Bertz CT molecular complexity index is 1590. The van der Waals surface area contributed by atoms with Crippen LogP contribution in [0.3, 0.4) is 0 Å². The zero-order valence-electron chi connectivity index (χ0n) is 37.8. The van der Waals surface area contributed by atoms with Crippen LogP contribution in [0.4, 0.5) is 0 Å². The average Bonchev–Trinajstić information content (AvgIpc) is 3.72. The minimum Gasteiger partial charge on any atom is -0.394 e. The summed E-state index contributed by atoms with van der Waals surface area (Å²) in [5.41, 5.74) is -0.260. The van der Waals surface area contributed by atoms with Crippen LogP contribution < -0.4 is 0 Å². The van der Waals surface area contributed by atoms with Gasteiger partial charge in [-0.25, -0.2) is 0 Å². The molecule has 13 N–H and O–H groups in total. The van der Waals surface area contributed by atoms with E-state index in [1.165, 1.54) is 0 Å². The van der Waals surface area contributed by atoms with Crippen LogP contribution in [0, 0.1) is 52.3 Å². The lowest BCUT2D eigenvalue weighted by atomic mass is 9.44. The summed E-state index contributed by atoms with van der Waals surface area (Å²) in [6.45, 7) is 6.91. The highest BCUT2D eigenvalue weighted by atomic mass is 16.7. The van der Waals surface area contributed by atoms with Crippen molar-refractivity contribution in [3.8, 4) is 0 Å². The summed E-state index contributed by atoms with van der Waals surface area (Å²) in [6.07, 6.45) is -17.7. The molecule has 0 unspecified atom stereocenters. The highest BCUT2D eigenvalue weighted by Gasteiger charge is 2.69. The number of ether oxygens (including phenoxy) is 7. The molecule has 0 spiro atoms. The van der Waals surface area contributed by atoms with Gasteiger partial charge in [-0.1, -0.05) is 27.7 Å². The molecule has 4 saturated heterocycles. The third-order valence-electron chi connectivity index (χ3n) is 18.0. The van der Waals surface area contributed by atoms with Gasteiger partial charge in [0.1, 0.15) is 73.2 Å². The van der Waals surface area contributed by atoms with E-state index in [2.05, 4.69) is 20.8 Å². The minimum atomic E-state index is -1.78. The fourth-order valence-corrected chi connectivity index (χ4v) is 14.2. The van der Waals surface area contributed by atoms with Crippen molar-refractivity contribution in [1.29, 1.82) is 0 Å². The molecule has 20 nitrogen and oxygen atoms in total. The van der Waals surface area contributed by atoms with Crippen molar-refractivity contribution in [2.45, 2.75) is 202 Å². The summed E-state index contributed by atoms with van der Waals surface area (Å²) in [7, 11) is 0. The lowest BCUT2D eigenvalue weighted by molar-refractivity contribution is -0.366. The number of aliphatic hydroxyl groups excluding tert-OH is 12. The average molecular weight is 937 g/mol. The van der Waals surface area contributed by atoms with Crippen molar-refractivity contribution in [3.05, 3.63) is 0 Å². The Morgan fingerprint density at radius 1 is 0.646 bits per heavy atom. The van der Waals surface area contributed by atoms with Gasteiger partial charge in [-0.05, 0) is 97.7 Å². The smallest absolute Gasteiger partial charge is 0.187 e. The molecule has 4 aliphatic carbocycles. The van der Waals surface area contributed by atoms with E-state index in [-0.39, 0.29) is 47.2 Å². The number of fused-ring (bicyclic) bond motifs is 7. The van der Waals surface area contributed by atoms with Gasteiger partial charge in [0.25, 0.3) is 0 Å². The number of hydrogen-bond acceptors (Lipinski definition) is 20. The fraction of sp³-hybridized carbons (Fsp3) is 1.00. The standard InChI is InChI=1S/C45H76O20/c1-18(17-59-40-36(55)33(52)31(50)27(14-46)61-40)7-10-45(58)19(2)30-26(65-45)12-23-21-6-5-20-11-25(24(49)13-44(20,4)22(21)8-9-43(23,30)3)60-41-38(57)35(54)39(29(16-48)63-41)64-42-37(56)34(53)32(51)28(15-47)62-42/h18-42,46-58H,5-17H2,1-4H3/t18-,19-,20-,21+,22-,23-,24+,25+,26-,27+,28+,29+,30-,31+,32+,33-,34-,35+,36+,37+,38+,39+,40+,41+,42-,43-,44-,45+/m0/s1.